The van der Waals surface area contributed by atoms with Crippen LogP contribution in [0.5, 0.6) is 0 Å². The summed E-state index contributed by atoms with van der Waals surface area (Å²) >= 11 is 0. The number of aryl methyl sites for hydroxylation is 1. The van der Waals surface area contributed by atoms with E-state index in [2.05, 4.69) is 32.4 Å². The normalized spacial score (nSPS) is 18.9. The van der Waals surface area contributed by atoms with Gasteiger partial charge in [-0.25, -0.2) is 19.3 Å². The van der Waals surface area contributed by atoms with Crippen molar-refractivity contribution in [1.29, 1.82) is 0 Å². The number of pyridine rings is 1. The molecule has 6 heterocycles. The van der Waals surface area contributed by atoms with Gasteiger partial charge in [0.2, 0.25) is 23.7 Å². The molecule has 0 spiro atoms. The van der Waals surface area contributed by atoms with Crippen LogP contribution in [0, 0.1) is 0 Å². The molecular formula is C42H43N11O6. The maximum absolute atomic E-state index is 13.4. The number of aliphatic hydroxyl groups excluding tert-OH is 1. The van der Waals surface area contributed by atoms with Gasteiger partial charge in [0.15, 0.2) is 11.5 Å². The third-order valence-corrected chi connectivity index (χ3v) is 11.5. The van der Waals surface area contributed by atoms with Crippen LogP contribution in [-0.4, -0.2) is 102 Å². The lowest BCUT2D eigenvalue weighted by atomic mass is 10.0. The Bertz CT molecular complexity index is 2580. The molecular weight excluding hydrogens is 755 g/mol. The van der Waals surface area contributed by atoms with Gasteiger partial charge in [-0.3, -0.25) is 29.3 Å². The van der Waals surface area contributed by atoms with Gasteiger partial charge in [0.1, 0.15) is 11.4 Å². The van der Waals surface area contributed by atoms with Crippen molar-refractivity contribution < 1.29 is 24.3 Å². The number of carbonyl (C=O) groups excluding carboxylic acids is 4. The van der Waals surface area contributed by atoms with Crippen molar-refractivity contribution >= 4 is 57.7 Å². The van der Waals surface area contributed by atoms with E-state index >= 15 is 0 Å². The molecule has 17 nitrogen and oxygen atoms in total. The summed E-state index contributed by atoms with van der Waals surface area (Å²) in [6.07, 6.45) is 4.69. The molecule has 3 aromatic heterocycles. The quantitative estimate of drug-likeness (QED) is 0.113. The molecule has 4 aliphatic rings. The second-order valence-electron chi connectivity index (χ2n) is 15.2. The topological polar surface area (TPSA) is 200 Å². The van der Waals surface area contributed by atoms with Crippen molar-refractivity contribution in [1.82, 2.24) is 39.4 Å². The fourth-order valence-corrected chi connectivity index (χ4v) is 8.40. The zero-order valence-electron chi connectivity index (χ0n) is 32.3. The summed E-state index contributed by atoms with van der Waals surface area (Å²) in [6, 6.07) is 16.4. The van der Waals surface area contributed by atoms with E-state index in [1.54, 1.807) is 16.8 Å². The van der Waals surface area contributed by atoms with E-state index in [4.69, 9.17) is 9.97 Å². The number of aliphatic hydroxyl groups is 1. The average molecular weight is 798 g/mol. The first-order valence-electron chi connectivity index (χ1n) is 19.8. The van der Waals surface area contributed by atoms with Gasteiger partial charge in [0, 0.05) is 80.9 Å². The first kappa shape index (κ1) is 37.7. The van der Waals surface area contributed by atoms with Crippen LogP contribution in [0.25, 0.3) is 16.9 Å². The number of nitrogens with zero attached hydrogens (tertiary/aromatic N) is 8. The Kier molecular flexibility index (Phi) is 9.88. The minimum Gasteiger partial charge on any atom is -0.387 e. The molecule has 2 unspecified atom stereocenters. The predicted octanol–water partition coefficient (Wildman–Crippen LogP) is 2.80. The molecule has 1 aliphatic carbocycles. The second kappa shape index (κ2) is 15.5. The summed E-state index contributed by atoms with van der Waals surface area (Å²) in [6.45, 7) is 7.32. The van der Waals surface area contributed by atoms with Gasteiger partial charge in [-0.2, -0.15) is 4.98 Å². The Morgan fingerprint density at radius 3 is 2.51 bits per heavy atom. The molecule has 17 heteroatoms. The summed E-state index contributed by atoms with van der Waals surface area (Å²) in [4.78, 5) is 83.0. The Morgan fingerprint density at radius 1 is 0.932 bits per heavy atom. The summed E-state index contributed by atoms with van der Waals surface area (Å²) in [5.74, 6) is -0.136. The van der Waals surface area contributed by atoms with E-state index in [1.807, 2.05) is 53.4 Å². The van der Waals surface area contributed by atoms with E-state index in [9.17, 15) is 29.1 Å². The van der Waals surface area contributed by atoms with Crippen LogP contribution in [0.15, 0.2) is 78.2 Å². The lowest BCUT2D eigenvalue weighted by Crippen LogP contribution is -2.52. The molecule has 4 N–H and O–H groups in total. The number of aromatic nitrogens is 5. The smallest absolute Gasteiger partial charge is 0.278 e. The zero-order chi connectivity index (χ0) is 40.8. The van der Waals surface area contributed by atoms with Crippen molar-refractivity contribution in [2.45, 2.75) is 57.3 Å². The van der Waals surface area contributed by atoms with Gasteiger partial charge >= 0.3 is 0 Å². The van der Waals surface area contributed by atoms with E-state index in [0.717, 1.165) is 34.6 Å². The van der Waals surface area contributed by atoms with Gasteiger partial charge in [0.25, 0.3) is 11.5 Å². The number of carbonyl (C=O) groups is 4. The maximum Gasteiger partial charge on any atom is 0.278 e. The molecule has 0 bridgehead atoms. The number of nitrogens with one attached hydrogen (secondary N) is 3. The molecule has 9 rings (SSSR count). The Morgan fingerprint density at radius 2 is 1.73 bits per heavy atom. The number of benzene rings is 2. The van der Waals surface area contributed by atoms with E-state index < -0.39 is 18.1 Å². The minimum absolute atomic E-state index is 0.0591. The van der Waals surface area contributed by atoms with Crippen LogP contribution < -0.4 is 26.4 Å². The minimum atomic E-state index is -0.663. The number of amides is 4. The first-order valence-corrected chi connectivity index (χ1v) is 19.8. The van der Waals surface area contributed by atoms with Crippen molar-refractivity contribution in [2.24, 2.45) is 0 Å². The largest absolute Gasteiger partial charge is 0.387 e. The van der Waals surface area contributed by atoms with E-state index in [-0.39, 0.29) is 36.2 Å². The highest BCUT2D eigenvalue weighted by Crippen LogP contribution is 2.32. The number of imide groups is 1. The number of allylic oxidation sites excluding steroid dienone is 1. The van der Waals surface area contributed by atoms with Crippen LogP contribution in [0.3, 0.4) is 0 Å². The monoisotopic (exact) mass is 797 g/mol. The van der Waals surface area contributed by atoms with Crippen molar-refractivity contribution in [3.63, 3.8) is 0 Å². The number of rotatable bonds is 11. The summed E-state index contributed by atoms with van der Waals surface area (Å²) in [7, 11) is 0. The first-order chi connectivity index (χ1) is 28.6. The summed E-state index contributed by atoms with van der Waals surface area (Å²) in [5, 5.41) is 19.7. The average Bonchev–Trinajstić information content (AvgIpc) is 3.87. The van der Waals surface area contributed by atoms with E-state index in [0.29, 0.717) is 92.6 Å². The molecule has 2 atom stereocenters. The molecule has 0 saturated carbocycles. The SMILES string of the molecule is C=CCn1c(=O)c2cnc(Nc3ccc(N4CCN(C(=O)CCNc5ccc6c(c5)CN(C5CCC(=O)NC5=O)C6=O)CC4)cc3)nc2n1-c1ccc2c(n1)C(O)CC2. The van der Waals surface area contributed by atoms with Crippen LogP contribution in [0.2, 0.25) is 0 Å². The fourth-order valence-electron chi connectivity index (χ4n) is 8.40. The van der Waals surface area contributed by atoms with Gasteiger partial charge in [-0.15, -0.1) is 6.58 Å². The van der Waals surface area contributed by atoms with Gasteiger partial charge in [0.05, 0.1) is 18.3 Å². The van der Waals surface area contributed by atoms with Gasteiger partial charge in [-0.1, -0.05) is 12.1 Å². The fraction of sp³-hybridized carbons (Fsp3) is 0.333. The van der Waals surface area contributed by atoms with Crippen molar-refractivity contribution in [3.05, 3.63) is 106 Å². The predicted molar refractivity (Wildman–Crippen MR) is 219 cm³/mol. The summed E-state index contributed by atoms with van der Waals surface area (Å²) in [5.41, 5.74) is 5.65. The maximum atomic E-state index is 13.4. The molecule has 3 aliphatic heterocycles. The highest BCUT2D eigenvalue weighted by Gasteiger charge is 2.39. The number of piperidine rings is 1. The zero-order valence-corrected chi connectivity index (χ0v) is 32.3. The Hall–Kier alpha value is -6.88. The molecule has 59 heavy (non-hydrogen) atoms. The van der Waals surface area contributed by atoms with E-state index in [1.165, 1.54) is 15.8 Å². The number of hydrogen-bond donors (Lipinski definition) is 4. The Balaban J connectivity index is 0.784. The molecule has 2 saturated heterocycles. The summed E-state index contributed by atoms with van der Waals surface area (Å²) < 4.78 is 3.16. The molecule has 0 radical (unpaired) electrons. The number of hydrogen-bond acceptors (Lipinski definition) is 12. The lowest BCUT2D eigenvalue weighted by molar-refractivity contribution is -0.137. The third-order valence-electron chi connectivity index (χ3n) is 11.5. The lowest BCUT2D eigenvalue weighted by Gasteiger charge is -2.36. The number of anilines is 4. The molecule has 2 fully saturated rings. The van der Waals surface area contributed by atoms with Crippen LogP contribution in [0.4, 0.5) is 23.0 Å². The van der Waals surface area contributed by atoms with Crippen LogP contribution in [-0.2, 0) is 33.9 Å². The van der Waals surface area contributed by atoms with Crippen LogP contribution >= 0.6 is 0 Å². The highest BCUT2D eigenvalue weighted by molar-refractivity contribution is 6.05. The highest BCUT2D eigenvalue weighted by atomic mass is 16.3. The number of fused-ring (bicyclic) bond motifs is 3. The van der Waals surface area contributed by atoms with Crippen LogP contribution in [0.1, 0.15) is 59.0 Å². The molecule has 5 aromatic rings. The second-order valence-corrected chi connectivity index (χ2v) is 15.2. The standard InChI is InChI=1S/C42H43N11O6/c1-2-17-52-41(59)31-23-44-42(48-38(31)53(52)34-13-4-25-3-12-33(54)37(25)46-34)45-27-5-8-29(9-6-27)49-18-20-50(21-19-49)36(56)15-16-43-28-7-10-30-26(22-28)24-51(40(30)58)32-11-14-35(55)47-39(32)57/h2,4-10,13,22-23,32-33,43,54H,1,3,11-12,14-21,24H2,(H,44,45,48)(H,47,55,57). The number of piperazine rings is 1. The third kappa shape index (κ3) is 7.17. The van der Waals surface area contributed by atoms with Crippen molar-refractivity contribution in [2.75, 3.05) is 48.3 Å². The Labute approximate surface area is 338 Å². The van der Waals surface area contributed by atoms with Crippen molar-refractivity contribution in [3.8, 4) is 5.82 Å². The molecule has 2 aromatic carbocycles. The molecule has 4 amide bonds. The van der Waals surface area contributed by atoms with Gasteiger partial charge < -0.3 is 30.4 Å². The van der Waals surface area contributed by atoms with Gasteiger partial charge in [-0.05, 0) is 78.9 Å². The molecule has 302 valence electrons.